The minimum atomic E-state index is -1.44. The fourth-order valence-electron chi connectivity index (χ4n) is 4.83. The van der Waals surface area contributed by atoms with E-state index in [9.17, 15) is 14.7 Å². The molecule has 1 aliphatic heterocycles. The highest BCUT2D eigenvalue weighted by Crippen LogP contribution is 2.66. The molecule has 1 saturated carbocycles. The van der Waals surface area contributed by atoms with Gasteiger partial charge in [0.15, 0.2) is 11.0 Å². The van der Waals surface area contributed by atoms with Crippen molar-refractivity contribution in [3.8, 4) is 0 Å². The lowest BCUT2D eigenvalue weighted by Crippen LogP contribution is -2.47. The second-order valence-corrected chi connectivity index (χ2v) is 21.0. The predicted octanol–water partition coefficient (Wildman–Crippen LogP) is 7.56. The van der Waals surface area contributed by atoms with Gasteiger partial charge in [0, 0.05) is 26.2 Å². The van der Waals surface area contributed by atoms with Gasteiger partial charge in [-0.3, -0.25) is 9.79 Å². The fourth-order valence-corrected chi connectivity index (χ4v) is 7.30. The van der Waals surface area contributed by atoms with Gasteiger partial charge in [-0.15, -0.1) is 0 Å². The Morgan fingerprint density at radius 1 is 1.25 bits per heavy atom. The van der Waals surface area contributed by atoms with Crippen molar-refractivity contribution >= 4 is 64.9 Å². The standard InChI is InChI=1S/C30H37BrF2N4O5SSi/c1-28(2,3)42-27(40)37(17-41-10-11-44(5,6)7)26-36-29(4,23-14-30(23,43-26)25(38)39)19-12-18(8-9-20(19)32)13-21(33)22-15-35-24(31)16-34-22/h8-9,12-13,15-16,23H,10-11,14,17H2,1-7H3,(H,38,39)/b21-13-/t23-,29+,30-/m0/s1. The molecule has 1 amide bonds. The van der Waals surface area contributed by atoms with E-state index in [2.05, 4.69) is 45.5 Å². The number of hydrogen-bond donors (Lipinski definition) is 1. The number of benzene rings is 1. The zero-order chi connectivity index (χ0) is 32.7. The molecule has 0 spiro atoms. The summed E-state index contributed by atoms with van der Waals surface area (Å²) in [7, 11) is -1.44. The first-order valence-electron chi connectivity index (χ1n) is 14.1. The van der Waals surface area contributed by atoms with Gasteiger partial charge in [0.1, 0.15) is 33.2 Å². The number of carboxylic acid groups (broad SMARTS) is 1. The molecule has 2 aromatic rings. The Balaban J connectivity index is 1.76. The SMILES string of the molecule is CC(C)(C)OC(=O)N(COCC[Si](C)(C)C)C1=N[C@](C)(c2cc(/C=C(\F)c3cnc(Br)cn3)ccc2F)[C@@H]2C[C@]2(C(=O)O)S1. The quantitative estimate of drug-likeness (QED) is 0.161. The first kappa shape index (κ1) is 34.2. The van der Waals surface area contributed by atoms with E-state index in [0.29, 0.717) is 16.8 Å². The van der Waals surface area contributed by atoms with Crippen LogP contribution in [0.3, 0.4) is 0 Å². The molecule has 1 N–H and O–H groups in total. The summed E-state index contributed by atoms with van der Waals surface area (Å²) < 4.78 is 41.3. The number of fused-ring (bicyclic) bond motifs is 1. The average Bonchev–Trinajstić information content (AvgIpc) is 3.66. The lowest BCUT2D eigenvalue weighted by molar-refractivity contribution is -0.137. The molecule has 9 nitrogen and oxygen atoms in total. The van der Waals surface area contributed by atoms with E-state index in [1.165, 1.54) is 41.6 Å². The van der Waals surface area contributed by atoms with Gasteiger partial charge in [0.2, 0.25) is 0 Å². The molecule has 4 rings (SSSR count). The molecule has 0 bridgehead atoms. The van der Waals surface area contributed by atoms with Crippen molar-refractivity contribution in [3.63, 3.8) is 0 Å². The molecular formula is C30H37BrF2N4O5SSi. The molecule has 2 aliphatic rings. The first-order valence-corrected chi connectivity index (χ1v) is 19.4. The molecule has 238 valence electrons. The van der Waals surface area contributed by atoms with Crippen molar-refractivity contribution < 1.29 is 33.0 Å². The first-order chi connectivity index (χ1) is 20.3. The molecule has 1 aliphatic carbocycles. The largest absolute Gasteiger partial charge is 0.480 e. The number of rotatable bonds is 9. The minimum absolute atomic E-state index is 0.00567. The van der Waals surface area contributed by atoms with Crippen LogP contribution >= 0.6 is 27.7 Å². The van der Waals surface area contributed by atoms with Gasteiger partial charge in [0.25, 0.3) is 0 Å². The van der Waals surface area contributed by atoms with Crippen molar-refractivity contribution in [1.82, 2.24) is 14.9 Å². The van der Waals surface area contributed by atoms with Crippen LogP contribution in [0.4, 0.5) is 13.6 Å². The van der Waals surface area contributed by atoms with E-state index < -0.39 is 53.6 Å². The van der Waals surface area contributed by atoms with E-state index in [-0.39, 0.29) is 29.6 Å². The van der Waals surface area contributed by atoms with Gasteiger partial charge in [-0.2, -0.15) is 0 Å². The van der Waals surface area contributed by atoms with Gasteiger partial charge < -0.3 is 14.6 Å². The molecule has 0 unspecified atom stereocenters. The maximum absolute atomic E-state index is 15.6. The summed E-state index contributed by atoms with van der Waals surface area (Å²) in [5.41, 5.74) is -1.86. The Labute approximate surface area is 269 Å². The van der Waals surface area contributed by atoms with E-state index in [0.717, 1.165) is 17.8 Å². The molecule has 1 aromatic heterocycles. The monoisotopic (exact) mass is 710 g/mol. The summed E-state index contributed by atoms with van der Waals surface area (Å²) in [5, 5.41) is 10.4. The Bertz CT molecular complexity index is 1500. The lowest BCUT2D eigenvalue weighted by Gasteiger charge is -2.37. The number of halogens is 3. The Morgan fingerprint density at radius 2 is 1.95 bits per heavy atom. The summed E-state index contributed by atoms with van der Waals surface area (Å²) in [6.07, 6.45) is 3.26. The molecule has 44 heavy (non-hydrogen) atoms. The summed E-state index contributed by atoms with van der Waals surface area (Å²) in [5.74, 6) is -3.00. The number of amidine groups is 1. The van der Waals surface area contributed by atoms with Crippen LogP contribution in [0.15, 0.2) is 40.2 Å². The van der Waals surface area contributed by atoms with Crippen LogP contribution in [0.5, 0.6) is 0 Å². The van der Waals surface area contributed by atoms with Gasteiger partial charge in [-0.25, -0.2) is 28.4 Å². The summed E-state index contributed by atoms with van der Waals surface area (Å²) in [6, 6.07) is 4.90. The number of amides is 1. The van der Waals surface area contributed by atoms with Crippen molar-refractivity contribution in [2.24, 2.45) is 10.9 Å². The normalized spacial score (nSPS) is 23.5. The number of aromatic nitrogens is 2. The number of ether oxygens (including phenoxy) is 2. The van der Waals surface area contributed by atoms with Crippen LogP contribution in [0.2, 0.25) is 25.7 Å². The zero-order valence-corrected chi connectivity index (χ0v) is 29.2. The third-order valence-electron chi connectivity index (χ3n) is 7.31. The number of hydrogen-bond acceptors (Lipinski definition) is 8. The molecule has 14 heteroatoms. The van der Waals surface area contributed by atoms with E-state index in [1.807, 2.05) is 0 Å². The number of thioether (sulfide) groups is 1. The van der Waals surface area contributed by atoms with Crippen molar-refractivity contribution in [1.29, 1.82) is 0 Å². The van der Waals surface area contributed by atoms with Gasteiger partial charge >= 0.3 is 12.1 Å². The average molecular weight is 712 g/mol. The number of carboxylic acids is 1. The number of carbonyl (C=O) groups is 2. The second kappa shape index (κ2) is 12.6. The third-order valence-corrected chi connectivity index (χ3v) is 10.9. The van der Waals surface area contributed by atoms with Crippen LogP contribution in [0.25, 0.3) is 11.9 Å². The second-order valence-electron chi connectivity index (χ2n) is 13.3. The van der Waals surface area contributed by atoms with Crippen LogP contribution in [0, 0.1) is 11.7 Å². The van der Waals surface area contributed by atoms with E-state index >= 15 is 8.78 Å². The van der Waals surface area contributed by atoms with Crippen LogP contribution in [-0.4, -0.2) is 69.0 Å². The Morgan fingerprint density at radius 3 is 2.55 bits per heavy atom. The van der Waals surface area contributed by atoms with Gasteiger partial charge in [-0.05, 0) is 79.9 Å². The molecule has 2 heterocycles. The maximum Gasteiger partial charge on any atom is 0.418 e. The van der Waals surface area contributed by atoms with Crippen LogP contribution < -0.4 is 0 Å². The molecule has 1 fully saturated rings. The van der Waals surface area contributed by atoms with Crippen LogP contribution in [-0.2, 0) is 19.8 Å². The summed E-state index contributed by atoms with van der Waals surface area (Å²) in [6.45, 7) is 13.6. The van der Waals surface area contributed by atoms with Crippen molar-refractivity contribution in [3.05, 3.63) is 57.8 Å². The van der Waals surface area contributed by atoms with E-state index in [1.54, 1.807) is 27.7 Å². The number of aliphatic carboxylic acids is 1. The molecule has 0 radical (unpaired) electrons. The topological polar surface area (TPSA) is 114 Å². The Hall–Kier alpha value is -2.68. The number of aliphatic imine (C=N–C) groups is 1. The molecule has 1 aromatic carbocycles. The number of carbonyl (C=O) groups excluding carboxylic acids is 1. The van der Waals surface area contributed by atoms with Crippen molar-refractivity contribution in [2.45, 2.75) is 75.7 Å². The van der Waals surface area contributed by atoms with Gasteiger partial charge in [0.05, 0.1) is 17.9 Å². The lowest BCUT2D eigenvalue weighted by atomic mass is 9.84. The smallest absolute Gasteiger partial charge is 0.418 e. The minimum Gasteiger partial charge on any atom is -0.480 e. The van der Waals surface area contributed by atoms with E-state index in [4.69, 9.17) is 14.5 Å². The Kier molecular flexibility index (Phi) is 9.80. The van der Waals surface area contributed by atoms with Crippen LogP contribution in [0.1, 0.15) is 50.9 Å². The predicted molar refractivity (Wildman–Crippen MR) is 173 cm³/mol. The number of nitrogens with zero attached hydrogens (tertiary/aromatic N) is 4. The highest BCUT2D eigenvalue weighted by molar-refractivity contribution is 9.10. The summed E-state index contributed by atoms with van der Waals surface area (Å²) >= 11 is 4.11. The molecule has 0 saturated heterocycles. The highest BCUT2D eigenvalue weighted by atomic mass is 79.9. The highest BCUT2D eigenvalue weighted by Gasteiger charge is 2.72. The molecule has 3 atom stereocenters. The zero-order valence-electron chi connectivity index (χ0n) is 25.8. The maximum atomic E-state index is 15.6. The third kappa shape index (κ3) is 7.75. The summed E-state index contributed by atoms with van der Waals surface area (Å²) in [4.78, 5) is 40.1. The molecular weight excluding hydrogens is 674 g/mol. The van der Waals surface area contributed by atoms with Gasteiger partial charge in [-0.1, -0.05) is 37.5 Å². The fraction of sp³-hybridized carbons (Fsp3) is 0.500. The van der Waals surface area contributed by atoms with Crippen molar-refractivity contribution in [2.75, 3.05) is 13.3 Å².